The molecule has 24 heavy (non-hydrogen) atoms. The van der Waals surface area contributed by atoms with Crippen LogP contribution in [0.25, 0.3) is 0 Å². The summed E-state index contributed by atoms with van der Waals surface area (Å²) in [6.07, 6.45) is 2.36. The zero-order chi connectivity index (χ0) is 17.4. The van der Waals surface area contributed by atoms with Gasteiger partial charge in [0.15, 0.2) is 15.7 Å². The minimum atomic E-state index is -3.33. The normalized spacial score (nSPS) is 26.0. The molecule has 2 saturated heterocycles. The molecule has 1 aromatic heterocycles. The molecule has 0 aliphatic carbocycles. The molecule has 0 radical (unpaired) electrons. The monoisotopic (exact) mass is 377 g/mol. The van der Waals surface area contributed by atoms with Gasteiger partial charge in [-0.1, -0.05) is 5.16 Å². The maximum atomic E-state index is 12.5. The van der Waals surface area contributed by atoms with Gasteiger partial charge in [-0.15, -0.1) is 0 Å². The van der Waals surface area contributed by atoms with Gasteiger partial charge in [0, 0.05) is 25.9 Å². The van der Waals surface area contributed by atoms with E-state index in [0.717, 1.165) is 0 Å². The standard InChI is InChI=1S/C14H23N3O5S2/c1-11-15-14(16-22-11)13-2-6-17(7-3-13)24(20,21)9-5-12-4-8-23(18,19)10-12/h12-13H,2-10H2,1H3. The van der Waals surface area contributed by atoms with Gasteiger partial charge in [0.2, 0.25) is 15.9 Å². The second-order valence-electron chi connectivity index (χ2n) is 6.72. The van der Waals surface area contributed by atoms with Gasteiger partial charge in [-0.3, -0.25) is 0 Å². The molecule has 3 heterocycles. The topological polar surface area (TPSA) is 110 Å². The lowest BCUT2D eigenvalue weighted by atomic mass is 9.98. The van der Waals surface area contributed by atoms with E-state index >= 15 is 0 Å². The van der Waals surface area contributed by atoms with Crippen LogP contribution in [0.4, 0.5) is 0 Å². The van der Waals surface area contributed by atoms with Gasteiger partial charge in [-0.05, 0) is 31.6 Å². The Morgan fingerprint density at radius 2 is 1.96 bits per heavy atom. The Kier molecular flexibility index (Phi) is 4.99. The van der Waals surface area contributed by atoms with E-state index in [1.165, 1.54) is 4.31 Å². The molecule has 1 unspecified atom stereocenters. The Morgan fingerprint density at radius 1 is 1.25 bits per heavy atom. The van der Waals surface area contributed by atoms with Crippen LogP contribution in [0.5, 0.6) is 0 Å². The van der Waals surface area contributed by atoms with Gasteiger partial charge in [-0.25, -0.2) is 21.1 Å². The molecule has 2 aliphatic rings. The first-order valence-electron chi connectivity index (χ1n) is 8.24. The lowest BCUT2D eigenvalue weighted by molar-refractivity contribution is 0.305. The van der Waals surface area contributed by atoms with Crippen molar-refractivity contribution in [2.24, 2.45) is 5.92 Å². The van der Waals surface area contributed by atoms with Crippen molar-refractivity contribution >= 4 is 19.9 Å². The van der Waals surface area contributed by atoms with Crippen molar-refractivity contribution in [1.29, 1.82) is 0 Å². The van der Waals surface area contributed by atoms with E-state index in [2.05, 4.69) is 10.1 Å². The highest BCUT2D eigenvalue weighted by Gasteiger charge is 2.33. The molecule has 2 fully saturated rings. The van der Waals surface area contributed by atoms with Crippen molar-refractivity contribution in [3.63, 3.8) is 0 Å². The number of sulfone groups is 1. The van der Waals surface area contributed by atoms with Crippen molar-refractivity contribution in [3.05, 3.63) is 11.7 Å². The average molecular weight is 377 g/mol. The molecule has 0 aromatic carbocycles. The highest BCUT2D eigenvalue weighted by molar-refractivity contribution is 7.91. The Bertz CT molecular complexity index is 779. The first-order chi connectivity index (χ1) is 11.3. The molecule has 0 amide bonds. The van der Waals surface area contributed by atoms with Gasteiger partial charge < -0.3 is 4.52 Å². The zero-order valence-electron chi connectivity index (χ0n) is 13.7. The smallest absolute Gasteiger partial charge is 0.223 e. The first-order valence-corrected chi connectivity index (χ1v) is 11.7. The van der Waals surface area contributed by atoms with Gasteiger partial charge >= 0.3 is 0 Å². The van der Waals surface area contributed by atoms with Gasteiger partial charge in [0.05, 0.1) is 17.3 Å². The minimum Gasteiger partial charge on any atom is -0.340 e. The van der Waals surface area contributed by atoms with Crippen LogP contribution in [-0.4, -0.2) is 61.6 Å². The number of sulfonamides is 1. The molecule has 8 nitrogen and oxygen atoms in total. The van der Waals surface area contributed by atoms with E-state index in [0.29, 0.717) is 50.5 Å². The highest BCUT2D eigenvalue weighted by Crippen LogP contribution is 2.28. The molecule has 2 aliphatic heterocycles. The predicted molar refractivity (Wildman–Crippen MR) is 87.7 cm³/mol. The van der Waals surface area contributed by atoms with E-state index in [1.54, 1.807) is 6.92 Å². The fraction of sp³-hybridized carbons (Fsp3) is 0.857. The number of hydrogen-bond donors (Lipinski definition) is 0. The predicted octanol–water partition coefficient (Wildman–Crippen LogP) is 0.712. The summed E-state index contributed by atoms with van der Waals surface area (Å²) in [5.74, 6) is 1.62. The van der Waals surface area contributed by atoms with Crippen LogP contribution in [0.3, 0.4) is 0 Å². The lowest BCUT2D eigenvalue weighted by Gasteiger charge is -2.30. The Hall–Kier alpha value is -1.00. The van der Waals surface area contributed by atoms with Crippen LogP contribution in [0.2, 0.25) is 0 Å². The summed E-state index contributed by atoms with van der Waals surface area (Å²) in [7, 11) is -6.29. The molecule has 10 heteroatoms. The molecular weight excluding hydrogens is 354 g/mol. The first kappa shape index (κ1) is 17.8. The van der Waals surface area contributed by atoms with Crippen LogP contribution in [0.15, 0.2) is 4.52 Å². The lowest BCUT2D eigenvalue weighted by Crippen LogP contribution is -2.39. The van der Waals surface area contributed by atoms with E-state index in [4.69, 9.17) is 4.52 Å². The number of rotatable bonds is 5. The van der Waals surface area contributed by atoms with Gasteiger partial charge in [0.25, 0.3) is 0 Å². The largest absolute Gasteiger partial charge is 0.340 e. The molecule has 1 aromatic rings. The maximum Gasteiger partial charge on any atom is 0.223 e. The number of aromatic nitrogens is 2. The van der Waals surface area contributed by atoms with Gasteiger partial charge in [0.1, 0.15) is 0 Å². The van der Waals surface area contributed by atoms with Crippen molar-refractivity contribution in [1.82, 2.24) is 14.4 Å². The van der Waals surface area contributed by atoms with Crippen LogP contribution in [-0.2, 0) is 19.9 Å². The Labute approximate surface area is 142 Å². The second-order valence-corrected chi connectivity index (χ2v) is 11.0. The summed E-state index contributed by atoms with van der Waals surface area (Å²) >= 11 is 0. The van der Waals surface area contributed by atoms with Crippen LogP contribution in [0, 0.1) is 12.8 Å². The number of hydrogen-bond acceptors (Lipinski definition) is 7. The third-order valence-electron chi connectivity index (χ3n) is 4.87. The fourth-order valence-corrected chi connectivity index (χ4v) is 6.98. The summed E-state index contributed by atoms with van der Waals surface area (Å²) in [5.41, 5.74) is 0. The molecule has 136 valence electrons. The Morgan fingerprint density at radius 3 is 2.50 bits per heavy atom. The SMILES string of the molecule is Cc1nc(C2CCN(S(=O)(=O)CCC3CCS(=O)(=O)C3)CC2)no1. The molecule has 0 bridgehead atoms. The fourth-order valence-electron chi connectivity index (χ4n) is 3.42. The number of aryl methyl sites for hydroxylation is 1. The Balaban J connectivity index is 1.51. The minimum absolute atomic E-state index is 0.0235. The summed E-state index contributed by atoms with van der Waals surface area (Å²) in [6, 6.07) is 0. The second kappa shape index (κ2) is 6.72. The highest BCUT2D eigenvalue weighted by atomic mass is 32.2. The van der Waals surface area contributed by atoms with Crippen molar-refractivity contribution < 1.29 is 21.4 Å². The number of piperidine rings is 1. The van der Waals surface area contributed by atoms with E-state index in [1.807, 2.05) is 0 Å². The van der Waals surface area contributed by atoms with E-state index < -0.39 is 19.9 Å². The van der Waals surface area contributed by atoms with Gasteiger partial charge in [-0.2, -0.15) is 4.98 Å². The molecule has 1 atom stereocenters. The molecule has 0 spiro atoms. The quantitative estimate of drug-likeness (QED) is 0.743. The van der Waals surface area contributed by atoms with E-state index in [-0.39, 0.29) is 29.1 Å². The molecular formula is C14H23N3O5S2. The third-order valence-corrected chi connectivity index (χ3v) is 8.61. The number of nitrogens with zero attached hydrogens (tertiary/aromatic N) is 3. The van der Waals surface area contributed by atoms with Crippen molar-refractivity contribution in [2.45, 2.75) is 38.5 Å². The molecule has 0 N–H and O–H groups in total. The van der Waals surface area contributed by atoms with Crippen LogP contribution < -0.4 is 0 Å². The third kappa shape index (κ3) is 4.15. The van der Waals surface area contributed by atoms with E-state index in [9.17, 15) is 16.8 Å². The molecule has 3 rings (SSSR count). The average Bonchev–Trinajstić information content (AvgIpc) is 3.11. The summed E-state index contributed by atoms with van der Waals surface area (Å²) in [4.78, 5) is 4.22. The van der Waals surface area contributed by atoms with Crippen molar-refractivity contribution in [3.8, 4) is 0 Å². The van der Waals surface area contributed by atoms with Crippen LogP contribution in [0.1, 0.15) is 43.3 Å². The summed E-state index contributed by atoms with van der Waals surface area (Å²) in [5, 5.41) is 3.92. The van der Waals surface area contributed by atoms with Crippen molar-refractivity contribution in [2.75, 3.05) is 30.3 Å². The summed E-state index contributed by atoms with van der Waals surface area (Å²) in [6.45, 7) is 2.63. The zero-order valence-corrected chi connectivity index (χ0v) is 15.4. The van der Waals surface area contributed by atoms with Crippen LogP contribution >= 0.6 is 0 Å². The maximum absolute atomic E-state index is 12.5. The molecule has 0 saturated carbocycles. The summed E-state index contributed by atoms with van der Waals surface area (Å²) < 4.78 is 54.4.